The predicted molar refractivity (Wildman–Crippen MR) is 381 cm³/mol. The molecule has 7 aliphatic heterocycles. The third kappa shape index (κ3) is 18.0. The van der Waals surface area contributed by atoms with Crippen LogP contribution < -0.4 is 62.5 Å². The van der Waals surface area contributed by atoms with Gasteiger partial charge in [0.1, 0.15) is 89.5 Å². The SMILES string of the molecule is CCOC(CNC1(C)CC(OC2C(Oc3c4cc5cc3Oc3ccc(cc3Cl)[C@@H](O)[C@@H]3NC(=O)C(NC(=O)C5NC(=O)CC(C(N)=O)NC(=O)[C@@H](NC(=O)[C@@H](CC(C)C)NC)C(O)c5ccc(c(Cl)c5)O4)c4ccc(O)c(c4)-c4c(O)cc(O)cc4C(C(=O)O)NC3=O)OC(CO)C(O)C2O)OC(C)C1O)C(=O)OC. The van der Waals surface area contributed by atoms with Gasteiger partial charge in [0, 0.05) is 47.9 Å². The molecular weight excluding hydrogens is 1490 g/mol. The van der Waals surface area contributed by atoms with Gasteiger partial charge in [0.2, 0.25) is 53.4 Å². The molecule has 38 heteroatoms. The average molecular weight is 1580 g/mol. The van der Waals surface area contributed by atoms with Crippen molar-refractivity contribution in [3.8, 4) is 57.1 Å². The number of halogens is 2. The highest BCUT2D eigenvalue weighted by Crippen LogP contribution is 2.50. The molecule has 0 saturated carbocycles. The van der Waals surface area contributed by atoms with Crippen LogP contribution in [0.2, 0.25) is 10.0 Å². The Hall–Kier alpha value is -9.77. The number of primary amides is 1. The zero-order valence-corrected chi connectivity index (χ0v) is 61.5. The van der Waals surface area contributed by atoms with E-state index in [1.165, 1.54) is 20.0 Å². The number of ether oxygens (including phenoxy) is 8. The van der Waals surface area contributed by atoms with Crippen LogP contribution >= 0.6 is 23.2 Å². The second-order valence-electron chi connectivity index (χ2n) is 27.5. The molecule has 19 atom stereocenters. The number of aliphatic carboxylic acids is 1. The first-order valence-corrected chi connectivity index (χ1v) is 35.4. The van der Waals surface area contributed by atoms with Crippen LogP contribution in [0.25, 0.3) is 11.1 Å². The van der Waals surface area contributed by atoms with Gasteiger partial charge in [0.15, 0.2) is 36.0 Å². The Morgan fingerprint density at radius 1 is 0.736 bits per heavy atom. The van der Waals surface area contributed by atoms with E-state index >= 15 is 14.4 Å². The van der Waals surface area contributed by atoms with Crippen molar-refractivity contribution in [3.63, 3.8) is 0 Å². The number of carbonyl (C=O) groups excluding carboxylic acids is 8. The van der Waals surface area contributed by atoms with Gasteiger partial charge >= 0.3 is 11.9 Å². The second-order valence-corrected chi connectivity index (χ2v) is 28.3. The number of hydrogen-bond acceptors (Lipinski definition) is 28. The van der Waals surface area contributed by atoms with Crippen LogP contribution in [-0.4, -0.2) is 223 Å². The van der Waals surface area contributed by atoms with Crippen molar-refractivity contribution in [2.75, 3.05) is 33.9 Å². The maximum Gasteiger partial charge on any atom is 0.336 e. The first-order valence-electron chi connectivity index (χ1n) is 34.7. The van der Waals surface area contributed by atoms with E-state index in [2.05, 4.69) is 42.5 Å². The number of likely N-dealkylation sites (N-methyl/N-ethyl adjacent to an activating group) is 1. The van der Waals surface area contributed by atoms with E-state index in [9.17, 15) is 79.8 Å². The lowest BCUT2D eigenvalue weighted by Gasteiger charge is -2.48. The van der Waals surface area contributed by atoms with Gasteiger partial charge < -0.3 is 137 Å². The minimum atomic E-state index is -2.31. The lowest BCUT2D eigenvalue weighted by Crippen LogP contribution is -2.66. The Morgan fingerprint density at radius 3 is 1.95 bits per heavy atom. The molecule has 7 amide bonds. The maximum absolute atomic E-state index is 16.0. The van der Waals surface area contributed by atoms with Crippen LogP contribution in [0.4, 0.5) is 0 Å². The van der Waals surface area contributed by atoms with Gasteiger partial charge in [-0.15, -0.1) is 0 Å². The quantitative estimate of drug-likeness (QED) is 0.0525. The number of phenols is 3. The zero-order valence-electron chi connectivity index (χ0n) is 60.0. The summed E-state index contributed by atoms with van der Waals surface area (Å²) in [6.07, 6.45) is -20.5. The largest absolute Gasteiger partial charge is 0.508 e. The minimum Gasteiger partial charge on any atom is -0.508 e. The predicted octanol–water partition coefficient (Wildman–Crippen LogP) is 0.315. The van der Waals surface area contributed by atoms with Crippen molar-refractivity contribution in [1.29, 1.82) is 0 Å². The van der Waals surface area contributed by atoms with Crippen molar-refractivity contribution < 1.29 is 132 Å². The summed E-state index contributed by atoms with van der Waals surface area (Å²) < 4.78 is 49.5. The first kappa shape index (κ1) is 82.7. The van der Waals surface area contributed by atoms with Gasteiger partial charge in [-0.25, -0.2) is 9.59 Å². The molecule has 5 aromatic carbocycles. The fourth-order valence-corrected chi connectivity index (χ4v) is 13.9. The second kappa shape index (κ2) is 34.7. The minimum absolute atomic E-state index is 0.0909. The molecule has 20 N–H and O–H groups in total. The van der Waals surface area contributed by atoms with Crippen molar-refractivity contribution >= 4 is 76.5 Å². The van der Waals surface area contributed by atoms with Gasteiger partial charge in [0.25, 0.3) is 0 Å². The van der Waals surface area contributed by atoms with Crippen LogP contribution in [0, 0.1) is 5.92 Å². The topological polar surface area (TPSA) is 552 Å². The summed E-state index contributed by atoms with van der Waals surface area (Å²) in [7, 11) is 2.63. The third-order valence-electron chi connectivity index (χ3n) is 19.3. The van der Waals surface area contributed by atoms with E-state index in [4.69, 9.17) is 66.8 Å². The molecule has 0 radical (unpaired) electrons. The molecule has 7 aliphatic rings. The molecule has 594 valence electrons. The van der Waals surface area contributed by atoms with E-state index in [1.807, 2.05) is 13.8 Å². The highest BCUT2D eigenvalue weighted by molar-refractivity contribution is 6.32. The molecule has 36 nitrogen and oxygen atoms in total. The van der Waals surface area contributed by atoms with Gasteiger partial charge in [-0.3, -0.25) is 33.6 Å². The third-order valence-corrected chi connectivity index (χ3v) is 19.9. The number of nitrogens with two attached hydrogens (primary N) is 1. The Morgan fingerprint density at radius 2 is 1.36 bits per heavy atom. The van der Waals surface area contributed by atoms with E-state index < -0.39 is 254 Å². The Kier molecular flexibility index (Phi) is 26.1. The van der Waals surface area contributed by atoms with Crippen molar-refractivity contribution in [2.24, 2.45) is 11.7 Å². The number of carboxylic acids is 1. The molecule has 0 spiro atoms. The Bertz CT molecular complexity index is 4350. The normalized spacial score (nSPS) is 28.3. The summed E-state index contributed by atoms with van der Waals surface area (Å²) in [5.74, 6) is -16.9. The molecule has 11 bridgehead atoms. The lowest BCUT2D eigenvalue weighted by molar-refractivity contribution is -0.334. The molecular formula is C72H85Cl2N9O27. The van der Waals surface area contributed by atoms with Gasteiger partial charge in [-0.2, -0.15) is 0 Å². The molecule has 5 aromatic rings. The standard InChI is InChI=1S/C72H85Cl2N9O27/c1-8-104-46(70(102)103-7)25-77-72(5)24-49(105-28(4)62(72)93)109-61-59(92)58(91)47(26-84)108-71(61)110-60-44-19-32-20-45(60)107-43-14-11-31(18-37(43)74)57(90)55-68(99)81-53(69(100)101)35-21-33(85)22-41(87)50(35)34-16-29(9-12-40(34)86)51(65(96)83-55)80-66(97)52(32)79-48(88)23-38(63(75)94)78-67(98)54(82-64(95)39(76-6)15-27(2)3)56(89)30-10-13-42(106-44)36(73)17-30/h9-14,16-22,27-28,38-39,46-47,49,51-59,61-62,71,76-77,84-87,89-93H,8,15,23-26H2,1-7H3,(H2,75,94)(H,78,98)(H,79,88)(H,80,97)(H,81,99)(H,82,95)(H,83,96)(H,100,101)/t28?,38?,39-,46?,47?,49?,51?,52?,53?,54+,55+,56?,57-,58?,59?,61?,62?,71?,72?/m1/s1. The number of aromatic hydroxyl groups is 3. The molecule has 2 saturated heterocycles. The van der Waals surface area contributed by atoms with Crippen LogP contribution in [0.15, 0.2) is 78.9 Å². The molecule has 7 heterocycles. The summed E-state index contributed by atoms with van der Waals surface area (Å²) in [5, 5.41) is 135. The van der Waals surface area contributed by atoms with Gasteiger partial charge in [-0.05, 0) is 117 Å². The summed E-state index contributed by atoms with van der Waals surface area (Å²) >= 11 is 14.2. The fourth-order valence-electron chi connectivity index (χ4n) is 13.5. The number of nitrogens with one attached hydrogen (secondary N) is 8. The molecule has 12 rings (SSSR count). The van der Waals surface area contributed by atoms with Crippen LogP contribution in [0.3, 0.4) is 0 Å². The van der Waals surface area contributed by atoms with Gasteiger partial charge in [0.05, 0.1) is 48.4 Å². The number of methoxy groups -OCH3 is 1. The highest BCUT2D eigenvalue weighted by atomic mass is 35.5. The monoisotopic (exact) mass is 1580 g/mol. The molecule has 0 aliphatic carbocycles. The molecule has 110 heavy (non-hydrogen) atoms. The summed E-state index contributed by atoms with van der Waals surface area (Å²) in [6, 6.07) is -0.634. The number of phenolic OH excluding ortho intramolecular Hbond substituents is 3. The smallest absolute Gasteiger partial charge is 0.336 e. The number of aliphatic hydroxyl groups is 6. The number of rotatable bonds is 18. The number of esters is 1. The number of amides is 7. The number of hydrogen-bond donors (Lipinski definition) is 19. The average Bonchev–Trinajstić information content (AvgIpc) is 1.27. The van der Waals surface area contributed by atoms with Crippen molar-refractivity contribution in [1.82, 2.24) is 42.5 Å². The number of carbonyl (C=O) groups is 9. The van der Waals surface area contributed by atoms with E-state index in [1.54, 1.807) is 13.8 Å². The summed E-state index contributed by atoms with van der Waals surface area (Å²) in [6.45, 7) is 7.21. The van der Waals surface area contributed by atoms with E-state index in [-0.39, 0.29) is 54.4 Å². The van der Waals surface area contributed by atoms with Gasteiger partial charge in [-0.1, -0.05) is 55.2 Å². The molecule has 15 unspecified atom stereocenters. The number of fused-ring (bicyclic) bond motifs is 16. The Balaban J connectivity index is 1.21. The Labute approximate surface area is 637 Å². The van der Waals surface area contributed by atoms with Crippen LogP contribution in [0.5, 0.6) is 46.0 Å². The van der Waals surface area contributed by atoms with Crippen molar-refractivity contribution in [3.05, 3.63) is 117 Å². The van der Waals surface area contributed by atoms with Crippen molar-refractivity contribution in [2.45, 2.75) is 169 Å². The fraction of sp³-hybridized carbons (Fsp3) is 0.458. The highest BCUT2D eigenvalue weighted by Gasteiger charge is 2.52. The first-order chi connectivity index (χ1) is 52.1. The van der Waals surface area contributed by atoms with Crippen LogP contribution in [-0.2, 0) is 66.8 Å². The number of aliphatic hydroxyl groups excluding tert-OH is 6. The maximum atomic E-state index is 16.0. The number of benzene rings is 5. The lowest BCUT2D eigenvalue weighted by atomic mass is 9.84. The van der Waals surface area contributed by atoms with E-state index in [0.29, 0.717) is 0 Å². The number of carboxylic acid groups (broad SMARTS) is 1. The molecule has 2 fully saturated rings. The summed E-state index contributed by atoms with van der Waals surface area (Å²) in [4.78, 5) is 130. The summed E-state index contributed by atoms with van der Waals surface area (Å²) in [5.41, 5.74) is 1.60. The van der Waals surface area contributed by atoms with E-state index in [0.717, 1.165) is 79.9 Å². The zero-order chi connectivity index (χ0) is 80.2. The molecule has 0 aromatic heterocycles. The van der Waals surface area contributed by atoms with Crippen LogP contribution in [0.1, 0.15) is 112 Å².